The summed E-state index contributed by atoms with van der Waals surface area (Å²) in [6.07, 6.45) is 1.69. The van der Waals surface area contributed by atoms with E-state index in [-0.39, 0.29) is 5.91 Å². The van der Waals surface area contributed by atoms with Crippen LogP contribution < -0.4 is 5.32 Å². The predicted octanol–water partition coefficient (Wildman–Crippen LogP) is 3.43. The fraction of sp³-hybridized carbons (Fsp3) is 0.0769. The Morgan fingerprint density at radius 2 is 2.17 bits per heavy atom. The van der Waals surface area contributed by atoms with E-state index in [0.29, 0.717) is 21.6 Å². The molecule has 0 aliphatic rings. The molecule has 3 nitrogen and oxygen atoms in total. The fourth-order valence-electron chi connectivity index (χ4n) is 1.44. The third-order valence-electron chi connectivity index (χ3n) is 2.33. The van der Waals surface area contributed by atoms with Gasteiger partial charge >= 0.3 is 0 Å². The number of nitrogens with one attached hydrogen (secondary N) is 1. The maximum atomic E-state index is 11.9. The average Bonchev–Trinajstić information content (AvgIpc) is 2.37. The molecule has 0 aliphatic carbocycles. The van der Waals surface area contributed by atoms with Crippen LogP contribution >= 0.6 is 27.5 Å². The molecule has 1 N–H and O–H groups in total. The van der Waals surface area contributed by atoms with Crippen molar-refractivity contribution in [1.82, 2.24) is 10.3 Å². The molecule has 0 radical (unpaired) electrons. The number of halogens is 2. The van der Waals surface area contributed by atoms with Crippen molar-refractivity contribution in [2.45, 2.75) is 6.54 Å². The summed E-state index contributed by atoms with van der Waals surface area (Å²) in [7, 11) is 0. The van der Waals surface area contributed by atoms with Crippen molar-refractivity contribution in [1.29, 1.82) is 0 Å². The van der Waals surface area contributed by atoms with Crippen LogP contribution in [0.4, 0.5) is 0 Å². The van der Waals surface area contributed by atoms with Crippen LogP contribution in [0.25, 0.3) is 0 Å². The molecule has 92 valence electrons. The van der Waals surface area contributed by atoms with E-state index in [1.165, 1.54) is 0 Å². The van der Waals surface area contributed by atoms with Gasteiger partial charge < -0.3 is 5.32 Å². The van der Waals surface area contributed by atoms with Crippen molar-refractivity contribution in [3.8, 4) is 0 Å². The molecule has 2 rings (SSSR count). The maximum Gasteiger partial charge on any atom is 0.252 e. The Balaban J connectivity index is 2.04. The minimum atomic E-state index is -0.163. The molecule has 18 heavy (non-hydrogen) atoms. The first kappa shape index (κ1) is 13.1. The minimum Gasteiger partial charge on any atom is -0.346 e. The van der Waals surface area contributed by atoms with E-state index in [1.807, 2.05) is 18.2 Å². The molecule has 1 aromatic heterocycles. The highest BCUT2D eigenvalue weighted by Crippen LogP contribution is 2.21. The predicted molar refractivity (Wildman–Crippen MR) is 74.6 cm³/mol. The first-order valence-corrected chi connectivity index (χ1v) is 6.47. The smallest absolute Gasteiger partial charge is 0.252 e. The Morgan fingerprint density at radius 3 is 2.83 bits per heavy atom. The number of carbonyl (C=O) groups is 1. The zero-order valence-corrected chi connectivity index (χ0v) is 11.7. The van der Waals surface area contributed by atoms with Gasteiger partial charge in [-0.15, -0.1) is 0 Å². The fourth-order valence-corrected chi connectivity index (χ4v) is 2.31. The summed E-state index contributed by atoms with van der Waals surface area (Å²) >= 11 is 9.14. The Labute approximate surface area is 118 Å². The topological polar surface area (TPSA) is 42.0 Å². The first-order valence-electron chi connectivity index (χ1n) is 5.30. The quantitative estimate of drug-likeness (QED) is 0.939. The average molecular weight is 326 g/mol. The van der Waals surface area contributed by atoms with Crippen LogP contribution in [0.2, 0.25) is 5.02 Å². The van der Waals surface area contributed by atoms with E-state index in [9.17, 15) is 4.79 Å². The molecule has 0 spiro atoms. The van der Waals surface area contributed by atoms with E-state index < -0.39 is 0 Å². The molecule has 0 unspecified atom stereocenters. The van der Waals surface area contributed by atoms with Crippen LogP contribution in [-0.4, -0.2) is 10.9 Å². The highest BCUT2D eigenvalue weighted by Gasteiger charge is 2.09. The van der Waals surface area contributed by atoms with Gasteiger partial charge in [0.15, 0.2) is 0 Å². The van der Waals surface area contributed by atoms with Crippen molar-refractivity contribution in [3.05, 3.63) is 63.3 Å². The van der Waals surface area contributed by atoms with E-state index in [2.05, 4.69) is 26.2 Å². The van der Waals surface area contributed by atoms with Crippen LogP contribution in [0.15, 0.2) is 47.1 Å². The molecule has 1 amide bonds. The van der Waals surface area contributed by atoms with E-state index in [4.69, 9.17) is 11.6 Å². The molecule has 0 bridgehead atoms. The first-order chi connectivity index (χ1) is 8.66. The lowest BCUT2D eigenvalue weighted by Crippen LogP contribution is -2.23. The molecule has 0 saturated heterocycles. The molecule has 0 fully saturated rings. The number of hydrogen-bond acceptors (Lipinski definition) is 2. The number of rotatable bonds is 3. The normalized spacial score (nSPS) is 10.1. The molecule has 0 saturated carbocycles. The van der Waals surface area contributed by atoms with Gasteiger partial charge in [-0.25, -0.2) is 0 Å². The van der Waals surface area contributed by atoms with Crippen LogP contribution in [0.3, 0.4) is 0 Å². The lowest BCUT2D eigenvalue weighted by molar-refractivity contribution is 0.0949. The summed E-state index contributed by atoms with van der Waals surface area (Å²) in [5, 5.41) is 3.39. The molecular formula is C13H10BrClN2O. The molecule has 1 heterocycles. The standard InChI is InChI=1S/C13H10BrClN2O/c14-12-7-9(15)4-5-11(12)13(18)17-8-10-3-1-2-6-16-10/h1-7H,8H2,(H,17,18). The highest BCUT2D eigenvalue weighted by molar-refractivity contribution is 9.10. The second kappa shape index (κ2) is 5.98. The number of benzene rings is 1. The lowest BCUT2D eigenvalue weighted by atomic mass is 10.2. The Hall–Kier alpha value is -1.39. The van der Waals surface area contributed by atoms with Gasteiger partial charge in [-0.05, 0) is 46.3 Å². The number of carbonyl (C=O) groups excluding carboxylic acids is 1. The second-order valence-electron chi connectivity index (χ2n) is 3.63. The molecular weight excluding hydrogens is 316 g/mol. The van der Waals surface area contributed by atoms with Crippen LogP contribution in [0.1, 0.15) is 16.1 Å². The number of hydrogen-bond donors (Lipinski definition) is 1. The van der Waals surface area contributed by atoms with Crippen LogP contribution in [-0.2, 0) is 6.54 Å². The molecule has 5 heteroatoms. The Morgan fingerprint density at radius 1 is 1.33 bits per heavy atom. The summed E-state index contributed by atoms with van der Waals surface area (Å²) in [4.78, 5) is 16.1. The van der Waals surface area contributed by atoms with Gasteiger partial charge in [0.05, 0.1) is 17.8 Å². The highest BCUT2D eigenvalue weighted by atomic mass is 79.9. The van der Waals surface area contributed by atoms with Crippen molar-refractivity contribution >= 4 is 33.4 Å². The molecule has 0 aliphatic heterocycles. The zero-order chi connectivity index (χ0) is 13.0. The number of pyridine rings is 1. The van der Waals surface area contributed by atoms with Gasteiger partial charge in [0.2, 0.25) is 0 Å². The second-order valence-corrected chi connectivity index (χ2v) is 4.92. The van der Waals surface area contributed by atoms with Gasteiger partial charge in [0.1, 0.15) is 0 Å². The molecule has 2 aromatic rings. The zero-order valence-electron chi connectivity index (χ0n) is 9.36. The summed E-state index contributed by atoms with van der Waals surface area (Å²) in [5.74, 6) is -0.163. The van der Waals surface area contributed by atoms with Gasteiger partial charge in [0, 0.05) is 15.7 Å². The summed E-state index contributed by atoms with van der Waals surface area (Å²) in [5.41, 5.74) is 1.37. The molecule has 0 atom stereocenters. The minimum absolute atomic E-state index is 0.163. The third kappa shape index (κ3) is 3.31. The summed E-state index contributed by atoms with van der Waals surface area (Å²) in [6, 6.07) is 10.6. The monoisotopic (exact) mass is 324 g/mol. The van der Waals surface area contributed by atoms with E-state index in [0.717, 1.165) is 5.69 Å². The lowest BCUT2D eigenvalue weighted by Gasteiger charge is -2.06. The largest absolute Gasteiger partial charge is 0.346 e. The third-order valence-corrected chi connectivity index (χ3v) is 3.22. The van der Waals surface area contributed by atoms with Crippen molar-refractivity contribution in [2.24, 2.45) is 0 Å². The van der Waals surface area contributed by atoms with Gasteiger partial charge in [-0.3, -0.25) is 9.78 Å². The number of amides is 1. The van der Waals surface area contributed by atoms with Crippen LogP contribution in [0.5, 0.6) is 0 Å². The SMILES string of the molecule is O=C(NCc1ccccn1)c1ccc(Cl)cc1Br. The van der Waals surface area contributed by atoms with Crippen LogP contribution in [0, 0.1) is 0 Å². The van der Waals surface area contributed by atoms with Gasteiger partial charge in [-0.1, -0.05) is 17.7 Å². The van der Waals surface area contributed by atoms with Gasteiger partial charge in [-0.2, -0.15) is 0 Å². The van der Waals surface area contributed by atoms with Crippen molar-refractivity contribution in [3.63, 3.8) is 0 Å². The summed E-state index contributed by atoms with van der Waals surface area (Å²) < 4.78 is 0.675. The Bertz CT molecular complexity index is 560. The van der Waals surface area contributed by atoms with E-state index in [1.54, 1.807) is 24.4 Å². The number of aromatic nitrogens is 1. The van der Waals surface area contributed by atoms with Gasteiger partial charge in [0.25, 0.3) is 5.91 Å². The number of nitrogens with zero attached hydrogens (tertiary/aromatic N) is 1. The Kier molecular flexibility index (Phi) is 4.33. The van der Waals surface area contributed by atoms with Crippen molar-refractivity contribution < 1.29 is 4.79 Å². The maximum absolute atomic E-state index is 11.9. The molecule has 1 aromatic carbocycles. The summed E-state index contributed by atoms with van der Waals surface area (Å²) in [6.45, 7) is 0.398. The van der Waals surface area contributed by atoms with E-state index >= 15 is 0 Å². The van der Waals surface area contributed by atoms with Crippen molar-refractivity contribution in [2.75, 3.05) is 0 Å².